The van der Waals surface area contributed by atoms with Crippen LogP contribution >= 0.6 is 0 Å². The SMILES string of the molecule is Cc1cccc(C)c1Nc1nccc(C(=O)Nc2ccccc2C(C)C)n1. The zero-order valence-corrected chi connectivity index (χ0v) is 16.1. The van der Waals surface area contributed by atoms with E-state index in [0.29, 0.717) is 17.6 Å². The fourth-order valence-corrected chi connectivity index (χ4v) is 2.97. The molecule has 3 rings (SSSR count). The number of rotatable bonds is 5. The number of nitrogens with zero attached hydrogens (tertiary/aromatic N) is 2. The van der Waals surface area contributed by atoms with Crippen LogP contribution in [-0.4, -0.2) is 15.9 Å². The summed E-state index contributed by atoms with van der Waals surface area (Å²) in [5.41, 5.74) is 5.37. The summed E-state index contributed by atoms with van der Waals surface area (Å²) in [5, 5.41) is 6.19. The molecular weight excluding hydrogens is 336 g/mol. The zero-order chi connectivity index (χ0) is 19.4. The lowest BCUT2D eigenvalue weighted by molar-refractivity contribution is 0.102. The molecule has 2 N–H and O–H groups in total. The summed E-state index contributed by atoms with van der Waals surface area (Å²) < 4.78 is 0. The van der Waals surface area contributed by atoms with Crippen molar-refractivity contribution in [3.05, 3.63) is 77.1 Å². The molecule has 2 aromatic carbocycles. The highest BCUT2D eigenvalue weighted by atomic mass is 16.1. The van der Waals surface area contributed by atoms with Gasteiger partial charge in [-0.05, 0) is 48.6 Å². The Labute approximate surface area is 159 Å². The van der Waals surface area contributed by atoms with E-state index in [4.69, 9.17) is 0 Å². The molecule has 3 aromatic rings. The molecule has 0 saturated carbocycles. The van der Waals surface area contributed by atoms with Crippen molar-refractivity contribution in [1.82, 2.24) is 9.97 Å². The Kier molecular flexibility index (Phi) is 5.50. The van der Waals surface area contributed by atoms with E-state index < -0.39 is 0 Å². The van der Waals surface area contributed by atoms with Gasteiger partial charge in [0.2, 0.25) is 5.95 Å². The number of aromatic nitrogens is 2. The summed E-state index contributed by atoms with van der Waals surface area (Å²) in [4.78, 5) is 21.3. The molecule has 1 amide bonds. The van der Waals surface area contributed by atoms with Crippen LogP contribution in [0.15, 0.2) is 54.7 Å². The third-order valence-corrected chi connectivity index (χ3v) is 4.44. The minimum atomic E-state index is -0.255. The monoisotopic (exact) mass is 360 g/mol. The summed E-state index contributed by atoms with van der Waals surface area (Å²) in [6.07, 6.45) is 1.59. The molecular formula is C22H24N4O. The quantitative estimate of drug-likeness (QED) is 0.655. The van der Waals surface area contributed by atoms with Gasteiger partial charge in [0.05, 0.1) is 0 Å². The van der Waals surface area contributed by atoms with Crippen LogP contribution < -0.4 is 10.6 Å². The first-order valence-corrected chi connectivity index (χ1v) is 9.02. The molecule has 1 aromatic heterocycles. The van der Waals surface area contributed by atoms with E-state index in [-0.39, 0.29) is 5.91 Å². The lowest BCUT2D eigenvalue weighted by Crippen LogP contribution is -2.16. The number of para-hydroxylation sites is 2. The van der Waals surface area contributed by atoms with E-state index in [9.17, 15) is 4.79 Å². The Morgan fingerprint density at radius 3 is 2.37 bits per heavy atom. The van der Waals surface area contributed by atoms with Crippen molar-refractivity contribution < 1.29 is 4.79 Å². The van der Waals surface area contributed by atoms with E-state index in [1.807, 2.05) is 56.3 Å². The van der Waals surface area contributed by atoms with Crippen LogP contribution in [0.25, 0.3) is 0 Å². The molecule has 0 fully saturated rings. The van der Waals surface area contributed by atoms with E-state index >= 15 is 0 Å². The highest BCUT2D eigenvalue weighted by Crippen LogP contribution is 2.25. The Morgan fingerprint density at radius 2 is 1.67 bits per heavy atom. The van der Waals surface area contributed by atoms with Gasteiger partial charge >= 0.3 is 0 Å². The number of carbonyl (C=O) groups is 1. The van der Waals surface area contributed by atoms with E-state index in [0.717, 1.165) is 28.1 Å². The van der Waals surface area contributed by atoms with Crippen LogP contribution in [0.5, 0.6) is 0 Å². The summed E-state index contributed by atoms with van der Waals surface area (Å²) in [6.45, 7) is 8.24. The van der Waals surface area contributed by atoms with E-state index in [2.05, 4.69) is 34.4 Å². The van der Waals surface area contributed by atoms with Gasteiger partial charge in [0.15, 0.2) is 0 Å². The number of nitrogens with one attached hydrogen (secondary N) is 2. The summed E-state index contributed by atoms with van der Waals surface area (Å²) >= 11 is 0. The number of anilines is 3. The topological polar surface area (TPSA) is 66.9 Å². The van der Waals surface area contributed by atoms with Gasteiger partial charge in [-0.15, -0.1) is 0 Å². The number of carbonyl (C=O) groups excluding carboxylic acids is 1. The molecule has 5 nitrogen and oxygen atoms in total. The predicted octanol–water partition coefficient (Wildman–Crippen LogP) is 5.21. The van der Waals surface area contributed by atoms with Gasteiger partial charge in [-0.25, -0.2) is 9.97 Å². The molecule has 27 heavy (non-hydrogen) atoms. The van der Waals surface area contributed by atoms with Crippen LogP contribution in [-0.2, 0) is 0 Å². The van der Waals surface area contributed by atoms with Crippen molar-refractivity contribution in [3.8, 4) is 0 Å². The molecule has 1 heterocycles. The number of benzene rings is 2. The number of amides is 1. The van der Waals surface area contributed by atoms with Gasteiger partial charge in [0.1, 0.15) is 5.69 Å². The van der Waals surface area contributed by atoms with Gasteiger partial charge in [0.25, 0.3) is 5.91 Å². The maximum absolute atomic E-state index is 12.7. The number of hydrogen-bond donors (Lipinski definition) is 2. The average Bonchev–Trinajstić information content (AvgIpc) is 2.65. The summed E-state index contributed by atoms with van der Waals surface area (Å²) in [6, 6.07) is 15.5. The maximum Gasteiger partial charge on any atom is 0.274 e. The van der Waals surface area contributed by atoms with Gasteiger partial charge < -0.3 is 10.6 Å². The number of hydrogen-bond acceptors (Lipinski definition) is 4. The van der Waals surface area contributed by atoms with Crippen molar-refractivity contribution >= 4 is 23.2 Å². The van der Waals surface area contributed by atoms with Crippen molar-refractivity contribution in [2.24, 2.45) is 0 Å². The first kappa shape index (κ1) is 18.6. The summed E-state index contributed by atoms with van der Waals surface area (Å²) in [5.74, 6) is 0.459. The Morgan fingerprint density at radius 1 is 0.963 bits per heavy atom. The van der Waals surface area contributed by atoms with Gasteiger partial charge in [-0.3, -0.25) is 4.79 Å². The van der Waals surface area contributed by atoms with Crippen molar-refractivity contribution in [1.29, 1.82) is 0 Å². The second kappa shape index (κ2) is 7.99. The minimum absolute atomic E-state index is 0.255. The predicted molar refractivity (Wildman–Crippen MR) is 110 cm³/mol. The first-order valence-electron chi connectivity index (χ1n) is 9.02. The maximum atomic E-state index is 12.7. The zero-order valence-electron chi connectivity index (χ0n) is 16.1. The van der Waals surface area contributed by atoms with E-state index in [1.54, 1.807) is 12.3 Å². The molecule has 0 unspecified atom stereocenters. The normalized spacial score (nSPS) is 10.7. The van der Waals surface area contributed by atoms with Crippen molar-refractivity contribution in [3.63, 3.8) is 0 Å². The number of aryl methyl sites for hydroxylation is 2. The van der Waals surface area contributed by atoms with Crippen molar-refractivity contribution in [2.45, 2.75) is 33.6 Å². The highest BCUT2D eigenvalue weighted by molar-refractivity contribution is 6.03. The minimum Gasteiger partial charge on any atom is -0.324 e. The highest BCUT2D eigenvalue weighted by Gasteiger charge is 2.13. The second-order valence-electron chi connectivity index (χ2n) is 6.85. The van der Waals surface area contributed by atoms with Crippen LogP contribution in [0.4, 0.5) is 17.3 Å². The molecule has 0 spiro atoms. The Bertz CT molecular complexity index is 946. The molecule has 0 aliphatic carbocycles. The molecule has 0 radical (unpaired) electrons. The van der Waals surface area contributed by atoms with Gasteiger partial charge in [-0.2, -0.15) is 0 Å². The largest absolute Gasteiger partial charge is 0.324 e. The molecule has 0 aliphatic heterocycles. The van der Waals surface area contributed by atoms with Gasteiger partial charge in [0, 0.05) is 17.6 Å². The first-order chi connectivity index (χ1) is 13.0. The van der Waals surface area contributed by atoms with Gasteiger partial charge in [-0.1, -0.05) is 50.2 Å². The summed E-state index contributed by atoms with van der Waals surface area (Å²) in [7, 11) is 0. The molecule has 5 heteroatoms. The second-order valence-corrected chi connectivity index (χ2v) is 6.85. The van der Waals surface area contributed by atoms with Crippen LogP contribution in [0, 0.1) is 13.8 Å². The smallest absolute Gasteiger partial charge is 0.274 e. The molecule has 0 aliphatic rings. The lowest BCUT2D eigenvalue weighted by atomic mass is 10.0. The van der Waals surface area contributed by atoms with Crippen LogP contribution in [0.1, 0.15) is 46.9 Å². The average molecular weight is 360 g/mol. The molecule has 0 atom stereocenters. The fraction of sp³-hybridized carbons (Fsp3) is 0.227. The van der Waals surface area contributed by atoms with E-state index in [1.165, 1.54) is 0 Å². The third kappa shape index (κ3) is 4.31. The van der Waals surface area contributed by atoms with Crippen LogP contribution in [0.3, 0.4) is 0 Å². The third-order valence-electron chi connectivity index (χ3n) is 4.44. The standard InChI is InChI=1S/C22H24N4O/c1-14(2)17-10-5-6-11-18(17)24-21(27)19-12-13-23-22(25-19)26-20-15(3)8-7-9-16(20)4/h5-14H,1-4H3,(H,24,27)(H,23,25,26). The Balaban J connectivity index is 1.82. The van der Waals surface area contributed by atoms with Crippen molar-refractivity contribution in [2.75, 3.05) is 10.6 Å². The molecule has 0 saturated heterocycles. The lowest BCUT2D eigenvalue weighted by Gasteiger charge is -2.14. The van der Waals surface area contributed by atoms with Crippen LogP contribution in [0.2, 0.25) is 0 Å². The fourth-order valence-electron chi connectivity index (χ4n) is 2.97. The molecule has 138 valence electrons. The Hall–Kier alpha value is -3.21. The molecule has 0 bridgehead atoms.